The number of halogens is 1. The summed E-state index contributed by atoms with van der Waals surface area (Å²) < 4.78 is 2.86. The number of carboxylic acids is 1. The Kier molecular flexibility index (Phi) is 2.43. The van der Waals surface area contributed by atoms with Crippen LogP contribution >= 0.6 is 11.6 Å². The Labute approximate surface area is 96.1 Å². The molecule has 0 aliphatic heterocycles. The highest BCUT2D eigenvalue weighted by Crippen LogP contribution is 2.18. The van der Waals surface area contributed by atoms with E-state index in [2.05, 4.69) is 10.2 Å². The third-order valence-corrected chi connectivity index (χ3v) is 2.37. The van der Waals surface area contributed by atoms with Crippen molar-refractivity contribution in [3.8, 4) is 5.82 Å². The molecule has 0 unspecified atom stereocenters. The summed E-state index contributed by atoms with van der Waals surface area (Å²) in [5.74, 6) is -0.649. The monoisotopic (exact) mass is 240 g/mol. The zero-order valence-corrected chi connectivity index (χ0v) is 9.43. The maximum Gasteiger partial charge on any atom is 0.341 e. The molecule has 0 aliphatic carbocycles. The van der Waals surface area contributed by atoms with E-state index >= 15 is 0 Å². The van der Waals surface area contributed by atoms with Crippen LogP contribution in [-0.2, 0) is 7.05 Å². The molecular formula is C9H9ClN4O2. The second kappa shape index (κ2) is 3.64. The normalized spacial score (nSPS) is 10.7. The first-order valence-corrected chi connectivity index (χ1v) is 4.86. The van der Waals surface area contributed by atoms with E-state index in [9.17, 15) is 4.79 Å². The first-order chi connectivity index (χ1) is 7.50. The minimum Gasteiger partial charge on any atom is -0.477 e. The van der Waals surface area contributed by atoms with E-state index in [1.54, 1.807) is 14.0 Å². The predicted octanol–water partition coefficient (Wildman–Crippen LogP) is 1.27. The fraction of sp³-hybridized carbons (Fsp3) is 0.222. The summed E-state index contributed by atoms with van der Waals surface area (Å²) in [7, 11) is 1.66. The molecule has 0 aromatic carbocycles. The van der Waals surface area contributed by atoms with Crippen LogP contribution < -0.4 is 0 Å². The van der Waals surface area contributed by atoms with Crippen LogP contribution in [0.5, 0.6) is 0 Å². The highest BCUT2D eigenvalue weighted by atomic mass is 35.5. The Balaban J connectivity index is 2.68. The molecule has 2 rings (SSSR count). The second-order valence-corrected chi connectivity index (χ2v) is 3.75. The summed E-state index contributed by atoms with van der Waals surface area (Å²) >= 11 is 5.74. The van der Waals surface area contributed by atoms with E-state index in [-0.39, 0.29) is 5.56 Å². The Morgan fingerprint density at radius 3 is 2.75 bits per heavy atom. The summed E-state index contributed by atoms with van der Waals surface area (Å²) in [5.41, 5.74) is 0.568. The fourth-order valence-electron chi connectivity index (χ4n) is 1.58. The van der Waals surface area contributed by atoms with Crippen molar-refractivity contribution in [3.63, 3.8) is 0 Å². The summed E-state index contributed by atoms with van der Waals surface area (Å²) in [4.78, 5) is 11.1. The van der Waals surface area contributed by atoms with Crippen molar-refractivity contribution in [1.29, 1.82) is 0 Å². The maximum absolute atomic E-state index is 11.1. The molecule has 2 heterocycles. The lowest BCUT2D eigenvalue weighted by Gasteiger charge is -2.02. The predicted molar refractivity (Wildman–Crippen MR) is 57.0 cm³/mol. The standard InChI is InChI=1S/C9H9ClN4O2/c1-5-7(9(15)16)8(13(2)12-5)14-4-6(10)3-11-14/h3-4H,1-2H3,(H,15,16). The maximum atomic E-state index is 11.1. The number of rotatable bonds is 2. The Hall–Kier alpha value is -1.82. The van der Waals surface area contributed by atoms with E-state index in [4.69, 9.17) is 16.7 Å². The van der Waals surface area contributed by atoms with Gasteiger partial charge in [0.25, 0.3) is 0 Å². The molecule has 2 aromatic heterocycles. The van der Waals surface area contributed by atoms with Crippen LogP contribution in [0.2, 0.25) is 5.02 Å². The Bertz CT molecular complexity index is 558. The van der Waals surface area contributed by atoms with E-state index in [1.165, 1.54) is 21.8 Å². The van der Waals surface area contributed by atoms with E-state index in [0.717, 1.165) is 0 Å². The van der Waals surface area contributed by atoms with Gasteiger partial charge >= 0.3 is 5.97 Å². The second-order valence-electron chi connectivity index (χ2n) is 3.32. The van der Waals surface area contributed by atoms with E-state index < -0.39 is 5.97 Å². The summed E-state index contributed by atoms with van der Waals surface area (Å²) in [6, 6.07) is 0. The van der Waals surface area contributed by atoms with Gasteiger partial charge in [-0.1, -0.05) is 11.6 Å². The fourth-order valence-corrected chi connectivity index (χ4v) is 1.71. The number of carboxylic acid groups (broad SMARTS) is 1. The average Bonchev–Trinajstić information content (AvgIpc) is 2.69. The third-order valence-electron chi connectivity index (χ3n) is 2.17. The van der Waals surface area contributed by atoms with Crippen molar-refractivity contribution in [1.82, 2.24) is 19.6 Å². The number of hydrogen-bond acceptors (Lipinski definition) is 3. The minimum absolute atomic E-state index is 0.127. The van der Waals surface area contributed by atoms with Crippen molar-refractivity contribution in [2.24, 2.45) is 7.05 Å². The van der Waals surface area contributed by atoms with Gasteiger partial charge in [-0.25, -0.2) is 14.2 Å². The number of aromatic carboxylic acids is 1. The molecule has 0 radical (unpaired) electrons. The SMILES string of the molecule is Cc1nn(C)c(-n2cc(Cl)cn2)c1C(=O)O. The quantitative estimate of drug-likeness (QED) is 0.858. The lowest BCUT2D eigenvalue weighted by Crippen LogP contribution is -2.08. The van der Waals surface area contributed by atoms with Gasteiger partial charge in [-0.05, 0) is 6.92 Å². The average molecular weight is 241 g/mol. The first-order valence-electron chi connectivity index (χ1n) is 4.48. The molecule has 0 spiro atoms. The zero-order valence-electron chi connectivity index (χ0n) is 8.68. The van der Waals surface area contributed by atoms with Crippen LogP contribution in [0.25, 0.3) is 5.82 Å². The smallest absolute Gasteiger partial charge is 0.341 e. The number of nitrogens with zero attached hydrogens (tertiary/aromatic N) is 4. The van der Waals surface area contributed by atoms with Gasteiger partial charge in [-0.15, -0.1) is 0 Å². The van der Waals surface area contributed by atoms with Gasteiger partial charge in [0.05, 0.1) is 23.1 Å². The van der Waals surface area contributed by atoms with Gasteiger partial charge in [0.15, 0.2) is 5.82 Å². The van der Waals surface area contributed by atoms with Gasteiger partial charge in [-0.2, -0.15) is 10.2 Å². The van der Waals surface area contributed by atoms with Crippen molar-refractivity contribution in [2.75, 3.05) is 0 Å². The number of aromatic nitrogens is 4. The first kappa shape index (κ1) is 10.7. The van der Waals surface area contributed by atoms with Crippen LogP contribution in [0, 0.1) is 6.92 Å². The number of carbonyl (C=O) groups is 1. The topological polar surface area (TPSA) is 72.9 Å². The number of hydrogen-bond donors (Lipinski definition) is 1. The molecule has 0 bridgehead atoms. The van der Waals surface area contributed by atoms with Crippen LogP contribution in [0.4, 0.5) is 0 Å². The zero-order chi connectivity index (χ0) is 11.9. The van der Waals surface area contributed by atoms with Crippen molar-refractivity contribution in [2.45, 2.75) is 6.92 Å². The third kappa shape index (κ3) is 1.57. The van der Waals surface area contributed by atoms with Gasteiger partial charge in [0, 0.05) is 7.05 Å². The molecule has 0 saturated heterocycles. The van der Waals surface area contributed by atoms with Crippen molar-refractivity contribution in [3.05, 3.63) is 28.7 Å². The summed E-state index contributed by atoms with van der Waals surface area (Å²) in [6.45, 7) is 1.64. The lowest BCUT2D eigenvalue weighted by atomic mass is 10.2. The molecule has 0 fully saturated rings. The minimum atomic E-state index is -1.03. The van der Waals surface area contributed by atoms with Gasteiger partial charge < -0.3 is 5.11 Å². The van der Waals surface area contributed by atoms with E-state index in [0.29, 0.717) is 16.5 Å². The Morgan fingerprint density at radius 2 is 2.25 bits per heavy atom. The molecule has 0 saturated carbocycles. The molecule has 2 aromatic rings. The lowest BCUT2D eigenvalue weighted by molar-refractivity contribution is 0.0696. The van der Waals surface area contributed by atoms with Crippen LogP contribution in [-0.4, -0.2) is 30.6 Å². The molecule has 0 amide bonds. The van der Waals surface area contributed by atoms with Crippen molar-refractivity contribution < 1.29 is 9.90 Å². The molecule has 0 aliphatic rings. The molecular weight excluding hydrogens is 232 g/mol. The Morgan fingerprint density at radius 1 is 1.56 bits per heavy atom. The number of aryl methyl sites for hydroxylation is 2. The largest absolute Gasteiger partial charge is 0.477 e. The van der Waals surface area contributed by atoms with Crippen LogP contribution in [0.15, 0.2) is 12.4 Å². The van der Waals surface area contributed by atoms with E-state index in [1.807, 2.05) is 0 Å². The van der Waals surface area contributed by atoms with Gasteiger partial charge in [0.2, 0.25) is 0 Å². The van der Waals surface area contributed by atoms with Gasteiger partial charge in [0.1, 0.15) is 5.56 Å². The molecule has 1 N–H and O–H groups in total. The highest BCUT2D eigenvalue weighted by Gasteiger charge is 2.21. The van der Waals surface area contributed by atoms with Crippen LogP contribution in [0.1, 0.15) is 16.1 Å². The van der Waals surface area contributed by atoms with Crippen molar-refractivity contribution >= 4 is 17.6 Å². The molecule has 16 heavy (non-hydrogen) atoms. The molecule has 6 nitrogen and oxygen atoms in total. The van der Waals surface area contributed by atoms with Crippen LogP contribution in [0.3, 0.4) is 0 Å². The molecule has 84 valence electrons. The highest BCUT2D eigenvalue weighted by molar-refractivity contribution is 6.30. The summed E-state index contributed by atoms with van der Waals surface area (Å²) in [5, 5.41) is 17.6. The van der Waals surface area contributed by atoms with Gasteiger partial charge in [-0.3, -0.25) is 0 Å². The summed E-state index contributed by atoms with van der Waals surface area (Å²) in [6.07, 6.45) is 2.97. The molecule has 0 atom stereocenters. The molecule has 7 heteroatoms.